The smallest absolute Gasteiger partial charge is 0.266 e. The van der Waals surface area contributed by atoms with E-state index in [1.54, 1.807) is 67.6 Å². The van der Waals surface area contributed by atoms with Gasteiger partial charge in [0, 0.05) is 12.1 Å². The van der Waals surface area contributed by atoms with E-state index in [0.717, 1.165) is 5.56 Å². The van der Waals surface area contributed by atoms with E-state index in [1.807, 2.05) is 19.1 Å². The van der Waals surface area contributed by atoms with Crippen LogP contribution in [0.4, 0.5) is 11.4 Å². The van der Waals surface area contributed by atoms with Crippen LogP contribution in [0.25, 0.3) is 0 Å². The number of aryl methyl sites for hydroxylation is 1. The van der Waals surface area contributed by atoms with Gasteiger partial charge in [-0.05, 0) is 50.2 Å². The summed E-state index contributed by atoms with van der Waals surface area (Å²) < 4.78 is 28.0. The molecule has 6 heteroatoms. The van der Waals surface area contributed by atoms with Gasteiger partial charge in [0.25, 0.3) is 15.9 Å². The molecule has 0 unspecified atom stereocenters. The number of carbonyl (C=O) groups excluding carboxylic acids is 1. The monoisotopic (exact) mass is 394 g/mol. The molecule has 5 nitrogen and oxygen atoms in total. The Balaban J connectivity index is 1.98. The summed E-state index contributed by atoms with van der Waals surface area (Å²) in [4.78, 5) is 12.7. The molecule has 0 radical (unpaired) electrons. The lowest BCUT2D eigenvalue weighted by atomic mass is 10.1. The van der Waals surface area contributed by atoms with Crippen LogP contribution in [0.15, 0.2) is 83.8 Å². The van der Waals surface area contributed by atoms with Crippen LogP contribution in [0.3, 0.4) is 0 Å². The van der Waals surface area contributed by atoms with Gasteiger partial charge >= 0.3 is 0 Å². The van der Waals surface area contributed by atoms with E-state index in [1.165, 1.54) is 10.4 Å². The van der Waals surface area contributed by atoms with Gasteiger partial charge in [-0.25, -0.2) is 8.42 Å². The number of anilines is 2. The summed E-state index contributed by atoms with van der Waals surface area (Å²) in [6.45, 7) is 3.94. The van der Waals surface area contributed by atoms with Crippen LogP contribution in [0.2, 0.25) is 0 Å². The fourth-order valence-electron chi connectivity index (χ4n) is 2.98. The molecular formula is C22H22N2O3S. The minimum Gasteiger partial charge on any atom is -0.321 e. The first kappa shape index (κ1) is 19.6. The second-order valence-corrected chi connectivity index (χ2v) is 8.16. The Morgan fingerprint density at radius 1 is 0.929 bits per heavy atom. The zero-order valence-corrected chi connectivity index (χ0v) is 16.6. The summed E-state index contributed by atoms with van der Waals surface area (Å²) in [5.41, 5.74) is 2.26. The lowest BCUT2D eigenvalue weighted by molar-refractivity contribution is 0.102. The van der Waals surface area contributed by atoms with Gasteiger partial charge in [-0.2, -0.15) is 0 Å². The average molecular weight is 394 g/mol. The number of nitrogens with zero attached hydrogens (tertiary/aromatic N) is 1. The molecule has 0 aliphatic carbocycles. The standard InChI is InChI=1S/C22H22N2O3S/c1-3-24(19-12-5-4-6-13-19)28(26,27)21-15-8-7-14-20(21)23-22(25)18-11-9-10-17(2)16-18/h4-16H,3H2,1-2H3,(H,23,25). The third-order valence-electron chi connectivity index (χ3n) is 4.31. The molecule has 1 amide bonds. The van der Waals surface area contributed by atoms with E-state index >= 15 is 0 Å². The lowest BCUT2D eigenvalue weighted by Gasteiger charge is -2.24. The maximum absolute atomic E-state index is 13.3. The maximum Gasteiger partial charge on any atom is 0.266 e. The van der Waals surface area contributed by atoms with Gasteiger partial charge in [-0.3, -0.25) is 9.10 Å². The molecule has 144 valence electrons. The molecule has 0 atom stereocenters. The molecule has 0 heterocycles. The Morgan fingerprint density at radius 2 is 1.61 bits per heavy atom. The molecule has 3 rings (SSSR count). The molecular weight excluding hydrogens is 372 g/mol. The summed E-state index contributed by atoms with van der Waals surface area (Å²) in [7, 11) is -3.85. The number of benzene rings is 3. The topological polar surface area (TPSA) is 66.5 Å². The van der Waals surface area contributed by atoms with Gasteiger partial charge in [0.1, 0.15) is 4.90 Å². The first-order valence-corrected chi connectivity index (χ1v) is 10.4. The van der Waals surface area contributed by atoms with Crippen LogP contribution < -0.4 is 9.62 Å². The highest BCUT2D eigenvalue weighted by atomic mass is 32.2. The van der Waals surface area contributed by atoms with E-state index in [9.17, 15) is 13.2 Å². The fourth-order valence-corrected chi connectivity index (χ4v) is 4.60. The Labute approximate surface area is 165 Å². The Morgan fingerprint density at radius 3 is 2.29 bits per heavy atom. The number of amides is 1. The molecule has 0 spiro atoms. The van der Waals surface area contributed by atoms with Gasteiger partial charge in [0.05, 0.1) is 11.4 Å². The second-order valence-electron chi connectivity index (χ2n) is 6.33. The van der Waals surface area contributed by atoms with Crippen molar-refractivity contribution in [2.75, 3.05) is 16.2 Å². The normalized spacial score (nSPS) is 11.1. The van der Waals surface area contributed by atoms with Gasteiger partial charge in [-0.1, -0.05) is 48.0 Å². The van der Waals surface area contributed by atoms with E-state index in [0.29, 0.717) is 11.3 Å². The Hall–Kier alpha value is -3.12. The number of hydrogen-bond donors (Lipinski definition) is 1. The number of nitrogens with one attached hydrogen (secondary N) is 1. The van der Waals surface area contributed by atoms with Crippen molar-refractivity contribution >= 4 is 27.3 Å². The van der Waals surface area contributed by atoms with Crippen molar-refractivity contribution in [3.63, 3.8) is 0 Å². The third-order valence-corrected chi connectivity index (χ3v) is 6.28. The van der Waals surface area contributed by atoms with Crippen LogP contribution in [0.5, 0.6) is 0 Å². The molecule has 0 aromatic heterocycles. The summed E-state index contributed by atoms with van der Waals surface area (Å²) in [6, 6.07) is 22.5. The number of rotatable bonds is 6. The first-order valence-electron chi connectivity index (χ1n) is 8.98. The van der Waals surface area contributed by atoms with Crippen LogP contribution in [-0.2, 0) is 10.0 Å². The highest BCUT2D eigenvalue weighted by Crippen LogP contribution is 2.28. The minimum atomic E-state index is -3.85. The molecule has 0 fully saturated rings. The molecule has 0 saturated heterocycles. The molecule has 0 saturated carbocycles. The van der Waals surface area contributed by atoms with Gasteiger partial charge in [0.15, 0.2) is 0 Å². The van der Waals surface area contributed by atoms with Crippen LogP contribution >= 0.6 is 0 Å². The third kappa shape index (κ3) is 4.07. The highest BCUT2D eigenvalue weighted by Gasteiger charge is 2.26. The minimum absolute atomic E-state index is 0.0571. The SMILES string of the molecule is CCN(c1ccccc1)S(=O)(=O)c1ccccc1NC(=O)c1cccc(C)c1. The zero-order chi connectivity index (χ0) is 20.1. The van der Waals surface area contributed by atoms with E-state index in [-0.39, 0.29) is 23.0 Å². The van der Waals surface area contributed by atoms with Crippen LogP contribution in [0.1, 0.15) is 22.8 Å². The second kappa shape index (κ2) is 8.27. The average Bonchev–Trinajstić information content (AvgIpc) is 2.69. The number of hydrogen-bond acceptors (Lipinski definition) is 3. The van der Waals surface area contributed by atoms with Crippen LogP contribution in [0, 0.1) is 6.92 Å². The van der Waals surface area contributed by atoms with Crippen molar-refractivity contribution in [2.45, 2.75) is 18.7 Å². The summed E-state index contributed by atoms with van der Waals surface area (Å²) >= 11 is 0. The van der Waals surface area contributed by atoms with Crippen molar-refractivity contribution in [3.05, 3.63) is 90.0 Å². The summed E-state index contributed by atoms with van der Waals surface area (Å²) in [5, 5.41) is 2.75. The molecule has 0 aliphatic heterocycles. The molecule has 3 aromatic rings. The molecule has 3 aromatic carbocycles. The quantitative estimate of drug-likeness (QED) is 0.671. The molecule has 0 bridgehead atoms. The van der Waals surface area contributed by atoms with Crippen molar-refractivity contribution in [1.29, 1.82) is 0 Å². The van der Waals surface area contributed by atoms with Crippen LogP contribution in [-0.4, -0.2) is 20.9 Å². The van der Waals surface area contributed by atoms with Gasteiger partial charge < -0.3 is 5.32 Å². The zero-order valence-electron chi connectivity index (χ0n) is 15.8. The number of sulfonamides is 1. The lowest BCUT2D eigenvalue weighted by Crippen LogP contribution is -2.31. The van der Waals surface area contributed by atoms with E-state index in [2.05, 4.69) is 5.32 Å². The summed E-state index contributed by atoms with van der Waals surface area (Å²) in [6.07, 6.45) is 0. The van der Waals surface area contributed by atoms with E-state index in [4.69, 9.17) is 0 Å². The van der Waals surface area contributed by atoms with Gasteiger partial charge in [-0.15, -0.1) is 0 Å². The summed E-state index contributed by atoms with van der Waals surface area (Å²) in [5.74, 6) is -0.353. The highest BCUT2D eigenvalue weighted by molar-refractivity contribution is 7.93. The number of para-hydroxylation sites is 2. The molecule has 1 N–H and O–H groups in total. The van der Waals surface area contributed by atoms with Gasteiger partial charge in [0.2, 0.25) is 0 Å². The van der Waals surface area contributed by atoms with Crippen molar-refractivity contribution in [3.8, 4) is 0 Å². The fraction of sp³-hybridized carbons (Fsp3) is 0.136. The maximum atomic E-state index is 13.3. The van der Waals surface area contributed by atoms with Crippen molar-refractivity contribution in [2.24, 2.45) is 0 Å². The predicted molar refractivity (Wildman–Crippen MR) is 112 cm³/mol. The Kier molecular flexibility index (Phi) is 5.80. The number of carbonyl (C=O) groups is 1. The molecule has 0 aliphatic rings. The Bertz CT molecular complexity index is 1080. The van der Waals surface area contributed by atoms with Crippen molar-refractivity contribution in [1.82, 2.24) is 0 Å². The first-order chi connectivity index (χ1) is 13.4. The largest absolute Gasteiger partial charge is 0.321 e. The van der Waals surface area contributed by atoms with E-state index < -0.39 is 10.0 Å². The molecule has 28 heavy (non-hydrogen) atoms. The van der Waals surface area contributed by atoms with Crippen molar-refractivity contribution < 1.29 is 13.2 Å². The predicted octanol–water partition coefficient (Wildman–Crippen LogP) is 4.46.